The molecule has 3 aromatic heterocycles. The summed E-state index contributed by atoms with van der Waals surface area (Å²) in [5.74, 6) is 5.59. The zero-order chi connectivity index (χ0) is 30.0. The molecule has 0 aliphatic heterocycles. The van der Waals surface area contributed by atoms with Crippen LogP contribution in [0.25, 0.3) is 22.7 Å². The number of nitrogens with zero attached hydrogens (tertiary/aromatic N) is 6. The molecule has 0 aromatic carbocycles. The van der Waals surface area contributed by atoms with E-state index in [2.05, 4.69) is 59.4 Å². The minimum absolute atomic E-state index is 0.00813. The van der Waals surface area contributed by atoms with Crippen molar-refractivity contribution in [3.8, 4) is 23.9 Å². The van der Waals surface area contributed by atoms with Gasteiger partial charge in [-0.25, -0.2) is 19.7 Å². The number of nitrogens with one attached hydrogen (secondary N) is 2. The third-order valence-electron chi connectivity index (χ3n) is 9.18. The van der Waals surface area contributed by atoms with Crippen molar-refractivity contribution in [3.63, 3.8) is 0 Å². The van der Waals surface area contributed by atoms with Gasteiger partial charge in [0.05, 0.1) is 0 Å². The lowest BCUT2D eigenvalue weighted by atomic mass is 9.80. The summed E-state index contributed by atoms with van der Waals surface area (Å²) in [6, 6.07) is 4.34. The highest BCUT2D eigenvalue weighted by Crippen LogP contribution is 2.38. The lowest BCUT2D eigenvalue weighted by molar-refractivity contribution is 0.200. The van der Waals surface area contributed by atoms with Gasteiger partial charge in [-0.05, 0) is 87.8 Å². The van der Waals surface area contributed by atoms with Crippen molar-refractivity contribution in [2.45, 2.75) is 91.1 Å². The number of carbonyl (C=O) groups is 1. The minimum atomic E-state index is -1.33. The van der Waals surface area contributed by atoms with Gasteiger partial charge in [0.25, 0.3) is 0 Å². The molecule has 2 aliphatic rings. The zero-order valence-electron chi connectivity index (χ0n) is 25.1. The summed E-state index contributed by atoms with van der Waals surface area (Å²) in [4.78, 5) is 33.0. The van der Waals surface area contributed by atoms with Gasteiger partial charge in [0.1, 0.15) is 11.2 Å². The first-order valence-electron chi connectivity index (χ1n) is 15.3. The maximum atomic E-state index is 11.4. The average molecular weight is 571 g/mol. The number of amidine groups is 1. The first-order valence-corrected chi connectivity index (χ1v) is 15.3. The van der Waals surface area contributed by atoms with Crippen LogP contribution in [0.15, 0.2) is 18.3 Å². The van der Waals surface area contributed by atoms with Crippen molar-refractivity contribution in [1.29, 1.82) is 5.41 Å². The van der Waals surface area contributed by atoms with E-state index in [1.807, 2.05) is 12.3 Å². The van der Waals surface area contributed by atoms with Crippen LogP contribution in [-0.2, 0) is 6.54 Å². The van der Waals surface area contributed by atoms with Crippen LogP contribution in [0.3, 0.4) is 0 Å². The van der Waals surface area contributed by atoms with Crippen LogP contribution >= 0.6 is 0 Å². The second kappa shape index (κ2) is 12.5. The van der Waals surface area contributed by atoms with E-state index in [0.717, 1.165) is 43.4 Å². The van der Waals surface area contributed by atoms with Crippen molar-refractivity contribution in [2.75, 3.05) is 11.4 Å². The first-order chi connectivity index (χ1) is 20.2. The molecule has 5 rings (SSSR count). The molecular formula is C32H42N8O2. The molecule has 42 heavy (non-hydrogen) atoms. The third-order valence-corrected chi connectivity index (χ3v) is 9.18. The van der Waals surface area contributed by atoms with Crippen LogP contribution in [0.2, 0.25) is 0 Å². The van der Waals surface area contributed by atoms with Crippen LogP contribution in [0.4, 0.5) is 10.6 Å². The van der Waals surface area contributed by atoms with Gasteiger partial charge in [0, 0.05) is 31.2 Å². The molecule has 1 amide bonds. The lowest BCUT2D eigenvalue weighted by Gasteiger charge is -2.39. The summed E-state index contributed by atoms with van der Waals surface area (Å²) in [6.45, 7) is 10.1. The SMILES string of the molecule is C#C[C@H]1CC[C@H](Cn2c(-c3cc(C(C)C)ccn3)nc3nc(C(=N)NC(=O)O)nc(N(CC)[C@H](C)C4CCC4)c32)CC1. The highest BCUT2D eigenvalue weighted by Gasteiger charge is 2.33. The van der Waals surface area contributed by atoms with Crippen LogP contribution < -0.4 is 10.2 Å². The zero-order valence-corrected chi connectivity index (χ0v) is 25.1. The molecule has 3 heterocycles. The van der Waals surface area contributed by atoms with Crippen LogP contribution in [0.5, 0.6) is 0 Å². The van der Waals surface area contributed by atoms with Gasteiger partial charge in [-0.3, -0.25) is 15.7 Å². The Morgan fingerprint density at radius 3 is 2.52 bits per heavy atom. The molecular weight excluding hydrogens is 528 g/mol. The van der Waals surface area contributed by atoms with Gasteiger partial charge in [0.15, 0.2) is 28.9 Å². The molecule has 3 N–H and O–H groups in total. The van der Waals surface area contributed by atoms with Crippen molar-refractivity contribution < 1.29 is 9.90 Å². The Morgan fingerprint density at radius 2 is 1.93 bits per heavy atom. The van der Waals surface area contributed by atoms with E-state index in [1.54, 1.807) is 0 Å². The van der Waals surface area contributed by atoms with Crippen molar-refractivity contribution >= 4 is 28.9 Å². The largest absolute Gasteiger partial charge is 0.465 e. The number of rotatable bonds is 9. The standard InChI is InChI=1S/C32H42N8O2/c1-6-21-11-13-22(14-12-21)18-40-26-28(37-30(40)25-17-24(19(3)4)15-16-34-25)36-29(27(33)35-32(41)42)38-31(26)39(7-2)20(5)23-9-8-10-23/h1,15-17,19-23H,7-14,18H2,2-5H3,(H2,33,35)(H,41,42)/t20-,21-,22-/m1/s1. The fourth-order valence-corrected chi connectivity index (χ4v) is 6.37. The summed E-state index contributed by atoms with van der Waals surface area (Å²) < 4.78 is 2.23. The molecule has 10 nitrogen and oxygen atoms in total. The van der Waals surface area contributed by atoms with Crippen LogP contribution in [-0.4, -0.2) is 54.1 Å². The molecule has 2 aliphatic carbocycles. The normalized spacial score (nSPS) is 19.7. The van der Waals surface area contributed by atoms with Crippen LogP contribution in [0.1, 0.15) is 89.9 Å². The van der Waals surface area contributed by atoms with Crippen molar-refractivity contribution in [2.24, 2.45) is 17.8 Å². The van der Waals surface area contributed by atoms with Crippen molar-refractivity contribution in [1.82, 2.24) is 29.8 Å². The van der Waals surface area contributed by atoms with E-state index < -0.39 is 6.09 Å². The Bertz CT molecular complexity index is 1490. The topological polar surface area (TPSA) is 133 Å². The smallest absolute Gasteiger partial charge is 0.410 e. The highest BCUT2D eigenvalue weighted by molar-refractivity contribution is 6.03. The van der Waals surface area contributed by atoms with E-state index >= 15 is 0 Å². The Balaban J connectivity index is 1.71. The number of aromatic nitrogens is 5. The van der Waals surface area contributed by atoms with E-state index in [-0.39, 0.29) is 17.7 Å². The first kappa shape index (κ1) is 29.5. The van der Waals surface area contributed by atoms with Gasteiger partial charge in [-0.1, -0.05) is 20.3 Å². The Morgan fingerprint density at radius 1 is 1.19 bits per heavy atom. The molecule has 0 radical (unpaired) electrons. The van der Waals surface area contributed by atoms with E-state index in [4.69, 9.17) is 26.8 Å². The molecule has 2 fully saturated rings. The summed E-state index contributed by atoms with van der Waals surface area (Å²) >= 11 is 0. The number of anilines is 1. The number of hydrogen-bond donors (Lipinski definition) is 3. The predicted octanol–water partition coefficient (Wildman–Crippen LogP) is 6.06. The highest BCUT2D eigenvalue weighted by atomic mass is 16.4. The molecule has 3 aromatic rings. The van der Waals surface area contributed by atoms with Crippen LogP contribution in [0, 0.1) is 35.5 Å². The molecule has 0 unspecified atom stereocenters. The number of terminal acetylenes is 1. The second-order valence-electron chi connectivity index (χ2n) is 12.1. The molecule has 0 saturated heterocycles. The van der Waals surface area contributed by atoms with Gasteiger partial charge in [-0.15, -0.1) is 12.3 Å². The fraction of sp³-hybridized carbons (Fsp3) is 0.562. The number of imidazole rings is 1. The number of carboxylic acid groups (broad SMARTS) is 1. The van der Waals surface area contributed by atoms with E-state index in [1.165, 1.54) is 24.8 Å². The lowest BCUT2D eigenvalue weighted by Crippen LogP contribution is -2.42. The minimum Gasteiger partial charge on any atom is -0.465 e. The molecule has 1 atom stereocenters. The summed E-state index contributed by atoms with van der Waals surface area (Å²) in [5, 5.41) is 19.8. The quantitative estimate of drug-likeness (QED) is 0.162. The number of fused-ring (bicyclic) bond motifs is 1. The number of amides is 1. The predicted molar refractivity (Wildman–Crippen MR) is 165 cm³/mol. The Kier molecular flexibility index (Phi) is 8.76. The van der Waals surface area contributed by atoms with E-state index in [9.17, 15) is 9.90 Å². The number of hydrogen-bond acceptors (Lipinski definition) is 7. The summed E-state index contributed by atoms with van der Waals surface area (Å²) in [5.41, 5.74) is 3.18. The molecule has 0 spiro atoms. The Hall–Kier alpha value is -4.00. The van der Waals surface area contributed by atoms with Crippen molar-refractivity contribution in [3.05, 3.63) is 29.7 Å². The molecule has 0 bridgehead atoms. The second-order valence-corrected chi connectivity index (χ2v) is 12.1. The molecule has 222 valence electrons. The van der Waals surface area contributed by atoms with Gasteiger partial charge < -0.3 is 14.6 Å². The molecule has 10 heteroatoms. The van der Waals surface area contributed by atoms with Gasteiger partial charge in [0.2, 0.25) is 0 Å². The fourth-order valence-electron chi connectivity index (χ4n) is 6.37. The van der Waals surface area contributed by atoms with Gasteiger partial charge in [-0.2, -0.15) is 0 Å². The average Bonchev–Trinajstić information content (AvgIpc) is 3.30. The van der Waals surface area contributed by atoms with E-state index in [0.29, 0.717) is 47.5 Å². The maximum Gasteiger partial charge on any atom is 0.410 e. The third kappa shape index (κ3) is 5.96. The van der Waals surface area contributed by atoms with Gasteiger partial charge >= 0.3 is 6.09 Å². The molecule has 2 saturated carbocycles. The Labute approximate surface area is 247 Å². The maximum absolute atomic E-state index is 11.4. The monoisotopic (exact) mass is 570 g/mol. The summed E-state index contributed by atoms with van der Waals surface area (Å²) in [7, 11) is 0. The summed E-state index contributed by atoms with van der Waals surface area (Å²) in [6.07, 6.45) is 13.9. The number of pyridine rings is 1.